The summed E-state index contributed by atoms with van der Waals surface area (Å²) in [7, 11) is -3.73. The summed E-state index contributed by atoms with van der Waals surface area (Å²) in [5.41, 5.74) is 3.20. The van der Waals surface area contributed by atoms with E-state index in [1.807, 2.05) is 57.2 Å². The highest BCUT2D eigenvalue weighted by atomic mass is 32.2. The van der Waals surface area contributed by atoms with E-state index in [1.165, 1.54) is 4.90 Å². The number of benzene rings is 2. The van der Waals surface area contributed by atoms with E-state index >= 15 is 0 Å². The zero-order chi connectivity index (χ0) is 23.9. The fraction of sp³-hybridized carbons (Fsp3) is 0.417. The van der Waals surface area contributed by atoms with Crippen molar-refractivity contribution in [2.45, 2.75) is 46.7 Å². The molecule has 0 aliphatic heterocycles. The van der Waals surface area contributed by atoms with Crippen LogP contribution in [0.2, 0.25) is 0 Å². The molecule has 8 heteroatoms. The SMILES string of the molecule is CCNC(=O)[C@@H](C)N(Cc1ccccc1C)C(=O)CN(c1ccccc1CC)S(C)(=O)=O. The second-order valence-corrected chi connectivity index (χ2v) is 9.68. The van der Waals surface area contributed by atoms with E-state index in [2.05, 4.69) is 5.32 Å². The molecule has 7 nitrogen and oxygen atoms in total. The molecule has 32 heavy (non-hydrogen) atoms. The summed E-state index contributed by atoms with van der Waals surface area (Å²) < 4.78 is 26.4. The number of amides is 2. The summed E-state index contributed by atoms with van der Waals surface area (Å²) in [6, 6.07) is 14.0. The van der Waals surface area contributed by atoms with E-state index in [4.69, 9.17) is 0 Å². The molecule has 1 N–H and O–H groups in total. The van der Waals surface area contributed by atoms with Gasteiger partial charge in [-0.1, -0.05) is 49.4 Å². The van der Waals surface area contributed by atoms with Gasteiger partial charge in [-0.3, -0.25) is 13.9 Å². The minimum atomic E-state index is -3.73. The van der Waals surface area contributed by atoms with Crippen LogP contribution in [0.15, 0.2) is 48.5 Å². The predicted molar refractivity (Wildman–Crippen MR) is 128 cm³/mol. The lowest BCUT2D eigenvalue weighted by atomic mass is 10.1. The Hall–Kier alpha value is -2.87. The Labute approximate surface area is 191 Å². The number of anilines is 1. The van der Waals surface area contributed by atoms with Crippen LogP contribution in [-0.4, -0.2) is 50.5 Å². The lowest BCUT2D eigenvalue weighted by Gasteiger charge is -2.32. The number of hydrogen-bond acceptors (Lipinski definition) is 4. The van der Waals surface area contributed by atoms with Crippen molar-refractivity contribution in [2.75, 3.05) is 23.7 Å². The van der Waals surface area contributed by atoms with Crippen molar-refractivity contribution >= 4 is 27.5 Å². The third-order valence-corrected chi connectivity index (χ3v) is 6.57. The molecule has 2 aromatic carbocycles. The van der Waals surface area contributed by atoms with Crippen LogP contribution in [-0.2, 0) is 32.6 Å². The van der Waals surface area contributed by atoms with Crippen molar-refractivity contribution in [2.24, 2.45) is 0 Å². The number of para-hydroxylation sites is 1. The molecule has 1 atom stereocenters. The monoisotopic (exact) mass is 459 g/mol. The van der Waals surface area contributed by atoms with Gasteiger partial charge in [-0.05, 0) is 49.9 Å². The molecule has 0 bridgehead atoms. The van der Waals surface area contributed by atoms with Crippen LogP contribution >= 0.6 is 0 Å². The number of carbonyl (C=O) groups excluding carboxylic acids is 2. The molecule has 2 aromatic rings. The normalized spacial score (nSPS) is 12.2. The lowest BCUT2D eigenvalue weighted by Crippen LogP contribution is -2.51. The van der Waals surface area contributed by atoms with Crippen LogP contribution in [0.1, 0.15) is 37.5 Å². The molecule has 0 aromatic heterocycles. The highest BCUT2D eigenvalue weighted by molar-refractivity contribution is 7.92. The van der Waals surface area contributed by atoms with E-state index in [0.717, 1.165) is 27.3 Å². The largest absolute Gasteiger partial charge is 0.355 e. The zero-order valence-corrected chi connectivity index (χ0v) is 20.3. The Morgan fingerprint density at radius 1 is 1.00 bits per heavy atom. The first-order valence-electron chi connectivity index (χ1n) is 10.8. The number of hydrogen-bond donors (Lipinski definition) is 1. The van der Waals surface area contributed by atoms with E-state index in [0.29, 0.717) is 18.7 Å². The van der Waals surface area contributed by atoms with Gasteiger partial charge in [0.25, 0.3) is 0 Å². The third-order valence-electron chi connectivity index (χ3n) is 5.44. The second kappa shape index (κ2) is 11.1. The third kappa shape index (κ3) is 6.32. The van der Waals surface area contributed by atoms with Crippen LogP contribution in [0.25, 0.3) is 0 Å². The highest BCUT2D eigenvalue weighted by Crippen LogP contribution is 2.24. The molecule has 0 unspecified atom stereocenters. The summed E-state index contributed by atoms with van der Waals surface area (Å²) in [4.78, 5) is 27.5. The van der Waals surface area contributed by atoms with E-state index in [-0.39, 0.29) is 19.0 Å². The first kappa shape index (κ1) is 25.4. The predicted octanol–water partition coefficient (Wildman–Crippen LogP) is 2.88. The van der Waals surface area contributed by atoms with Crippen LogP contribution in [0.3, 0.4) is 0 Å². The highest BCUT2D eigenvalue weighted by Gasteiger charge is 2.30. The summed E-state index contributed by atoms with van der Waals surface area (Å²) in [5.74, 6) is -0.724. The molecule has 0 aliphatic carbocycles. The minimum absolute atomic E-state index is 0.205. The molecule has 0 saturated carbocycles. The zero-order valence-electron chi connectivity index (χ0n) is 19.5. The second-order valence-electron chi connectivity index (χ2n) is 7.77. The van der Waals surface area contributed by atoms with Gasteiger partial charge < -0.3 is 10.2 Å². The quantitative estimate of drug-likeness (QED) is 0.592. The van der Waals surface area contributed by atoms with Gasteiger partial charge in [-0.15, -0.1) is 0 Å². The molecule has 0 radical (unpaired) electrons. The van der Waals surface area contributed by atoms with Crippen molar-refractivity contribution in [1.29, 1.82) is 0 Å². The van der Waals surface area contributed by atoms with Gasteiger partial charge in [0, 0.05) is 13.1 Å². The molecular weight excluding hydrogens is 426 g/mol. The molecule has 0 spiro atoms. The first-order chi connectivity index (χ1) is 15.1. The fourth-order valence-corrected chi connectivity index (χ4v) is 4.40. The number of nitrogens with one attached hydrogen (secondary N) is 1. The number of rotatable bonds is 10. The molecule has 2 rings (SSSR count). The van der Waals surface area contributed by atoms with Crippen molar-refractivity contribution in [1.82, 2.24) is 10.2 Å². The molecule has 0 fully saturated rings. The van der Waals surface area contributed by atoms with Gasteiger partial charge in [0.1, 0.15) is 12.6 Å². The first-order valence-corrected chi connectivity index (χ1v) is 12.6. The van der Waals surface area contributed by atoms with Gasteiger partial charge in [-0.2, -0.15) is 0 Å². The molecule has 0 heterocycles. The minimum Gasteiger partial charge on any atom is -0.355 e. The van der Waals surface area contributed by atoms with Crippen molar-refractivity contribution in [3.05, 3.63) is 65.2 Å². The van der Waals surface area contributed by atoms with Gasteiger partial charge in [-0.25, -0.2) is 8.42 Å². The number of aryl methyl sites for hydroxylation is 2. The van der Waals surface area contributed by atoms with Crippen molar-refractivity contribution in [3.63, 3.8) is 0 Å². The van der Waals surface area contributed by atoms with Crippen molar-refractivity contribution < 1.29 is 18.0 Å². The smallest absolute Gasteiger partial charge is 0.244 e. The standard InChI is InChI=1S/C24H33N3O4S/c1-6-20-13-10-11-15-22(20)27(32(5,30)31)17-23(28)26(19(4)24(29)25-7-2)16-21-14-9-8-12-18(21)3/h8-15,19H,6-7,16-17H2,1-5H3,(H,25,29)/t19-/m1/s1. The Bertz CT molecular complexity index is 1050. The average Bonchev–Trinajstić information content (AvgIpc) is 2.75. The maximum atomic E-state index is 13.5. The maximum Gasteiger partial charge on any atom is 0.244 e. The molecular formula is C24H33N3O4S. The Kier molecular flexibility index (Phi) is 8.83. The number of likely N-dealkylation sites (N-methyl/N-ethyl adjacent to an activating group) is 1. The van der Waals surface area contributed by atoms with Crippen LogP contribution < -0.4 is 9.62 Å². The van der Waals surface area contributed by atoms with Crippen LogP contribution in [0, 0.1) is 6.92 Å². The van der Waals surface area contributed by atoms with E-state index < -0.39 is 22.0 Å². The Balaban J connectivity index is 2.44. The van der Waals surface area contributed by atoms with Gasteiger partial charge in [0.2, 0.25) is 21.8 Å². The van der Waals surface area contributed by atoms with Crippen molar-refractivity contribution in [3.8, 4) is 0 Å². The molecule has 0 aliphatic rings. The average molecular weight is 460 g/mol. The van der Waals surface area contributed by atoms with Gasteiger partial charge in [0.05, 0.1) is 11.9 Å². The summed E-state index contributed by atoms with van der Waals surface area (Å²) in [5, 5.41) is 2.75. The Morgan fingerprint density at radius 3 is 2.16 bits per heavy atom. The number of nitrogens with zero attached hydrogens (tertiary/aromatic N) is 2. The summed E-state index contributed by atoms with van der Waals surface area (Å²) in [6.45, 7) is 7.60. The van der Waals surface area contributed by atoms with Gasteiger partial charge in [0.15, 0.2) is 0 Å². The van der Waals surface area contributed by atoms with E-state index in [1.54, 1.807) is 19.1 Å². The summed E-state index contributed by atoms with van der Waals surface area (Å²) >= 11 is 0. The van der Waals surface area contributed by atoms with E-state index in [9.17, 15) is 18.0 Å². The van der Waals surface area contributed by atoms with Crippen LogP contribution in [0.4, 0.5) is 5.69 Å². The number of sulfonamides is 1. The van der Waals surface area contributed by atoms with Gasteiger partial charge >= 0.3 is 0 Å². The lowest BCUT2D eigenvalue weighted by molar-refractivity contribution is -0.139. The topological polar surface area (TPSA) is 86.8 Å². The van der Waals surface area contributed by atoms with Crippen LogP contribution in [0.5, 0.6) is 0 Å². The Morgan fingerprint density at radius 2 is 1.59 bits per heavy atom. The maximum absolute atomic E-state index is 13.5. The molecule has 174 valence electrons. The summed E-state index contributed by atoms with van der Waals surface area (Å²) in [6.07, 6.45) is 1.71. The number of carbonyl (C=O) groups is 2. The molecule has 0 saturated heterocycles. The fourth-order valence-electron chi connectivity index (χ4n) is 3.52. The molecule has 2 amide bonds.